The molecule has 0 bridgehead atoms. The van der Waals surface area contributed by atoms with Gasteiger partial charge in [0.15, 0.2) is 0 Å². The quantitative estimate of drug-likeness (QED) is 0.457. The molecule has 1 aromatic carbocycles. The van der Waals surface area contributed by atoms with E-state index in [1.807, 2.05) is 0 Å². The van der Waals surface area contributed by atoms with Gasteiger partial charge < -0.3 is 5.11 Å². The molecule has 1 N–H and O–H groups in total. The third-order valence-corrected chi connectivity index (χ3v) is 4.18. The van der Waals surface area contributed by atoms with Gasteiger partial charge in [-0.05, 0) is 5.56 Å². The second-order valence-electron chi connectivity index (χ2n) is 2.69. The fraction of sp³-hybridized carbons (Fsp3) is 0.250. The standard InChI is InChI=1S/C8H4Cl6O/c9-3(15)1-2-4(10)6(12)8(14)7(13)5(2)11/h3,15H,1H2. The molecule has 1 unspecified atom stereocenters. The first-order chi connectivity index (χ1) is 6.86. The van der Waals surface area contributed by atoms with E-state index in [4.69, 9.17) is 74.7 Å². The molecule has 0 spiro atoms. The largest absolute Gasteiger partial charge is 0.377 e. The van der Waals surface area contributed by atoms with Crippen LogP contribution in [-0.2, 0) is 6.42 Å². The average molecular weight is 329 g/mol. The molecular formula is C8H4Cl6O. The van der Waals surface area contributed by atoms with E-state index < -0.39 is 5.56 Å². The van der Waals surface area contributed by atoms with Gasteiger partial charge in [0.05, 0.1) is 25.1 Å². The molecular weight excluding hydrogens is 325 g/mol. The summed E-state index contributed by atoms with van der Waals surface area (Å²) in [6, 6.07) is 0. The maximum atomic E-state index is 9.03. The predicted molar refractivity (Wildman–Crippen MR) is 67.1 cm³/mol. The molecule has 0 fully saturated rings. The Labute approximate surface area is 117 Å². The van der Waals surface area contributed by atoms with Crippen molar-refractivity contribution in [3.63, 3.8) is 0 Å². The van der Waals surface area contributed by atoms with Crippen molar-refractivity contribution in [1.29, 1.82) is 0 Å². The normalized spacial score (nSPS) is 13.0. The molecule has 1 atom stereocenters. The minimum atomic E-state index is -1.12. The van der Waals surface area contributed by atoms with Crippen molar-refractivity contribution in [3.8, 4) is 0 Å². The highest BCUT2D eigenvalue weighted by Gasteiger charge is 2.20. The Balaban J connectivity index is 3.39. The van der Waals surface area contributed by atoms with Crippen molar-refractivity contribution in [2.75, 3.05) is 0 Å². The van der Waals surface area contributed by atoms with Crippen LogP contribution in [0, 0.1) is 0 Å². The van der Waals surface area contributed by atoms with Crippen LogP contribution in [-0.4, -0.2) is 10.7 Å². The van der Waals surface area contributed by atoms with Crippen molar-refractivity contribution < 1.29 is 5.11 Å². The van der Waals surface area contributed by atoms with Gasteiger partial charge in [-0.2, -0.15) is 0 Å². The zero-order valence-electron chi connectivity index (χ0n) is 7.00. The number of hydrogen-bond donors (Lipinski definition) is 1. The Morgan fingerprint density at radius 2 is 1.13 bits per heavy atom. The molecule has 84 valence electrons. The summed E-state index contributed by atoms with van der Waals surface area (Å²) in [5, 5.41) is 9.61. The number of alkyl halides is 1. The van der Waals surface area contributed by atoms with Crippen molar-refractivity contribution in [1.82, 2.24) is 0 Å². The first kappa shape index (κ1) is 14.0. The summed E-state index contributed by atoms with van der Waals surface area (Å²) in [6.07, 6.45) is 0.0375. The van der Waals surface area contributed by atoms with Crippen molar-refractivity contribution >= 4 is 69.6 Å². The summed E-state index contributed by atoms with van der Waals surface area (Å²) in [6.45, 7) is 0. The lowest BCUT2D eigenvalue weighted by atomic mass is 10.1. The van der Waals surface area contributed by atoms with E-state index >= 15 is 0 Å². The van der Waals surface area contributed by atoms with Crippen LogP contribution in [0.1, 0.15) is 5.56 Å². The molecule has 0 aliphatic carbocycles. The van der Waals surface area contributed by atoms with Gasteiger partial charge in [0.25, 0.3) is 0 Å². The third-order valence-electron chi connectivity index (χ3n) is 1.67. The van der Waals surface area contributed by atoms with Crippen LogP contribution in [0.15, 0.2) is 0 Å². The van der Waals surface area contributed by atoms with Crippen LogP contribution < -0.4 is 0 Å². The molecule has 0 saturated heterocycles. The van der Waals surface area contributed by atoms with Crippen LogP contribution in [0.4, 0.5) is 0 Å². The van der Waals surface area contributed by atoms with E-state index in [2.05, 4.69) is 0 Å². The van der Waals surface area contributed by atoms with Gasteiger partial charge >= 0.3 is 0 Å². The first-order valence-corrected chi connectivity index (χ1v) is 6.01. The summed E-state index contributed by atoms with van der Waals surface area (Å²) in [5.74, 6) is 0. The highest BCUT2D eigenvalue weighted by molar-refractivity contribution is 6.55. The van der Waals surface area contributed by atoms with Crippen molar-refractivity contribution in [2.45, 2.75) is 12.0 Å². The second kappa shape index (κ2) is 5.50. The van der Waals surface area contributed by atoms with Gasteiger partial charge in [0.2, 0.25) is 0 Å². The van der Waals surface area contributed by atoms with E-state index in [1.165, 1.54) is 0 Å². The summed E-state index contributed by atoms with van der Waals surface area (Å²) in [4.78, 5) is 0. The fourth-order valence-corrected chi connectivity index (χ4v) is 2.48. The maximum Gasteiger partial charge on any atom is 0.132 e. The van der Waals surface area contributed by atoms with E-state index in [-0.39, 0.29) is 31.5 Å². The smallest absolute Gasteiger partial charge is 0.132 e. The van der Waals surface area contributed by atoms with Gasteiger partial charge in [-0.25, -0.2) is 0 Å². The fourth-order valence-electron chi connectivity index (χ4n) is 0.998. The molecule has 0 aromatic heterocycles. The molecule has 0 saturated carbocycles. The van der Waals surface area contributed by atoms with Crippen LogP contribution in [0.5, 0.6) is 0 Å². The first-order valence-electron chi connectivity index (χ1n) is 3.68. The Bertz CT molecular complexity index is 360. The SMILES string of the molecule is OC(Cl)Cc1c(Cl)c(Cl)c(Cl)c(Cl)c1Cl. The van der Waals surface area contributed by atoms with Gasteiger partial charge in [0, 0.05) is 6.42 Å². The molecule has 7 heteroatoms. The lowest BCUT2D eigenvalue weighted by Gasteiger charge is -2.12. The lowest BCUT2D eigenvalue weighted by molar-refractivity contribution is 0.257. The number of benzene rings is 1. The van der Waals surface area contributed by atoms with Crippen LogP contribution in [0.25, 0.3) is 0 Å². The van der Waals surface area contributed by atoms with E-state index in [1.54, 1.807) is 0 Å². The zero-order chi connectivity index (χ0) is 11.7. The predicted octanol–water partition coefficient (Wildman–Crippen LogP) is 5.05. The molecule has 0 radical (unpaired) electrons. The second-order valence-corrected chi connectivity index (χ2v) is 5.08. The summed E-state index contributed by atoms with van der Waals surface area (Å²) in [7, 11) is 0. The Hall–Kier alpha value is 0.920. The number of hydrogen-bond acceptors (Lipinski definition) is 1. The summed E-state index contributed by atoms with van der Waals surface area (Å²) >= 11 is 34.6. The Morgan fingerprint density at radius 3 is 1.47 bits per heavy atom. The third kappa shape index (κ3) is 2.98. The number of rotatable bonds is 2. The Kier molecular flexibility index (Phi) is 5.13. The highest BCUT2D eigenvalue weighted by Crippen LogP contribution is 2.44. The van der Waals surface area contributed by atoms with Crippen LogP contribution in [0.3, 0.4) is 0 Å². The number of aliphatic hydroxyl groups excluding tert-OH is 1. The molecule has 0 heterocycles. The molecule has 15 heavy (non-hydrogen) atoms. The minimum Gasteiger partial charge on any atom is -0.377 e. The van der Waals surface area contributed by atoms with E-state index in [0.717, 1.165) is 0 Å². The Morgan fingerprint density at radius 1 is 0.800 bits per heavy atom. The summed E-state index contributed by atoms with van der Waals surface area (Å²) < 4.78 is 0. The van der Waals surface area contributed by atoms with Gasteiger partial charge in [-0.15, -0.1) is 0 Å². The van der Waals surface area contributed by atoms with Gasteiger partial charge in [-0.1, -0.05) is 69.6 Å². The minimum absolute atomic E-state index is 0.0375. The van der Waals surface area contributed by atoms with Gasteiger partial charge in [0.1, 0.15) is 5.56 Å². The molecule has 0 amide bonds. The molecule has 1 rings (SSSR count). The average Bonchev–Trinajstić information content (AvgIpc) is 2.18. The number of halogens is 6. The van der Waals surface area contributed by atoms with Crippen molar-refractivity contribution in [2.24, 2.45) is 0 Å². The molecule has 1 nitrogen and oxygen atoms in total. The highest BCUT2D eigenvalue weighted by atomic mass is 35.5. The number of aliphatic hydroxyl groups is 1. The monoisotopic (exact) mass is 326 g/mol. The topological polar surface area (TPSA) is 20.2 Å². The molecule has 1 aromatic rings. The van der Waals surface area contributed by atoms with Gasteiger partial charge in [-0.3, -0.25) is 0 Å². The molecule has 0 aliphatic heterocycles. The van der Waals surface area contributed by atoms with Crippen LogP contribution >= 0.6 is 69.6 Å². The van der Waals surface area contributed by atoms with E-state index in [0.29, 0.717) is 5.56 Å². The lowest BCUT2D eigenvalue weighted by Crippen LogP contribution is -2.03. The van der Waals surface area contributed by atoms with Crippen molar-refractivity contribution in [3.05, 3.63) is 30.7 Å². The maximum absolute atomic E-state index is 9.03. The van der Waals surface area contributed by atoms with E-state index in [9.17, 15) is 0 Å². The zero-order valence-corrected chi connectivity index (χ0v) is 11.5. The van der Waals surface area contributed by atoms with Crippen LogP contribution in [0.2, 0.25) is 25.1 Å². The molecule has 0 aliphatic rings. The summed E-state index contributed by atoms with van der Waals surface area (Å²) in [5.41, 5.74) is -0.742.